The molecule has 2 N–H and O–H groups in total. The van der Waals surface area contributed by atoms with Crippen molar-refractivity contribution >= 4 is 0 Å². The van der Waals surface area contributed by atoms with Crippen molar-refractivity contribution in [3.05, 3.63) is 34.9 Å². The van der Waals surface area contributed by atoms with Crippen LogP contribution in [-0.4, -0.2) is 24.7 Å². The van der Waals surface area contributed by atoms with E-state index in [1.54, 1.807) is 0 Å². The Morgan fingerprint density at radius 2 is 1.94 bits per heavy atom. The molecule has 0 bridgehead atoms. The summed E-state index contributed by atoms with van der Waals surface area (Å²) >= 11 is 0. The summed E-state index contributed by atoms with van der Waals surface area (Å²) in [6, 6.07) is 6.92. The standard InChI is InChI=1S/C16H25NO/c1-11-6-7-12(2)15(8-11)16(18)9-14(4)17(5)10-13(16)3/h6-8,13-14,18H,9-10H2,1-5H3/p+1/t13-,14-,16-/m0/s1. The number of aliphatic hydroxyl groups is 1. The largest absolute Gasteiger partial charge is 0.384 e. The highest BCUT2D eigenvalue weighted by Crippen LogP contribution is 2.37. The Balaban J connectivity index is 2.43. The third-order valence-corrected chi connectivity index (χ3v) is 4.76. The lowest BCUT2D eigenvalue weighted by molar-refractivity contribution is -0.916. The van der Waals surface area contributed by atoms with Crippen LogP contribution in [0.3, 0.4) is 0 Å². The molecule has 0 radical (unpaired) electrons. The van der Waals surface area contributed by atoms with Crippen molar-refractivity contribution in [2.24, 2.45) is 5.92 Å². The topological polar surface area (TPSA) is 24.7 Å². The van der Waals surface area contributed by atoms with Gasteiger partial charge in [0, 0.05) is 12.3 Å². The third-order valence-electron chi connectivity index (χ3n) is 4.76. The lowest BCUT2D eigenvalue weighted by atomic mass is 9.73. The number of quaternary nitrogens is 1. The van der Waals surface area contributed by atoms with Crippen LogP contribution in [0.1, 0.15) is 37.0 Å². The van der Waals surface area contributed by atoms with Crippen molar-refractivity contribution < 1.29 is 10.0 Å². The molecule has 1 aliphatic heterocycles. The summed E-state index contributed by atoms with van der Waals surface area (Å²) in [5, 5.41) is 11.2. The van der Waals surface area contributed by atoms with Crippen LogP contribution in [-0.2, 0) is 5.60 Å². The number of hydrogen-bond donors (Lipinski definition) is 2. The zero-order valence-electron chi connectivity index (χ0n) is 12.2. The highest BCUT2D eigenvalue weighted by atomic mass is 16.3. The van der Waals surface area contributed by atoms with Crippen molar-refractivity contribution in [1.29, 1.82) is 0 Å². The van der Waals surface area contributed by atoms with Crippen LogP contribution in [0.5, 0.6) is 0 Å². The van der Waals surface area contributed by atoms with Crippen LogP contribution in [0, 0.1) is 19.8 Å². The van der Waals surface area contributed by atoms with E-state index in [1.807, 2.05) is 0 Å². The number of likely N-dealkylation sites (tertiary alicyclic amines) is 1. The van der Waals surface area contributed by atoms with Gasteiger partial charge >= 0.3 is 0 Å². The van der Waals surface area contributed by atoms with Crippen molar-refractivity contribution in [3.63, 3.8) is 0 Å². The van der Waals surface area contributed by atoms with Crippen LogP contribution in [0.2, 0.25) is 0 Å². The highest BCUT2D eigenvalue weighted by Gasteiger charge is 2.45. The average molecular weight is 248 g/mol. The van der Waals surface area contributed by atoms with Crippen LogP contribution in [0.25, 0.3) is 0 Å². The fourth-order valence-corrected chi connectivity index (χ4v) is 3.27. The summed E-state index contributed by atoms with van der Waals surface area (Å²) in [7, 11) is 2.23. The first-order valence-electron chi connectivity index (χ1n) is 6.97. The predicted octanol–water partition coefficient (Wildman–Crippen LogP) is 1.43. The van der Waals surface area contributed by atoms with Gasteiger partial charge in [0.25, 0.3) is 0 Å². The van der Waals surface area contributed by atoms with Crippen molar-refractivity contribution in [1.82, 2.24) is 0 Å². The van der Waals surface area contributed by atoms with Crippen LogP contribution in [0.15, 0.2) is 18.2 Å². The van der Waals surface area contributed by atoms with Gasteiger partial charge in [-0.15, -0.1) is 0 Å². The van der Waals surface area contributed by atoms with Crippen LogP contribution >= 0.6 is 0 Å². The molecular weight excluding hydrogens is 222 g/mol. The molecule has 0 saturated carbocycles. The normalized spacial score (nSPS) is 36.7. The summed E-state index contributed by atoms with van der Waals surface area (Å²) in [6.45, 7) is 9.65. The summed E-state index contributed by atoms with van der Waals surface area (Å²) in [6.07, 6.45) is 0.851. The molecule has 0 aromatic heterocycles. The fraction of sp³-hybridized carbons (Fsp3) is 0.625. The lowest BCUT2D eigenvalue weighted by Crippen LogP contribution is -3.15. The SMILES string of the molecule is Cc1ccc(C)c([C@]2(O)C[C@H](C)[NH+](C)C[C@@H]2C)c1. The smallest absolute Gasteiger partial charge is 0.103 e. The Kier molecular flexibility index (Phi) is 3.52. The molecular formula is C16H26NO+. The van der Waals surface area contributed by atoms with Crippen molar-refractivity contribution in [3.8, 4) is 0 Å². The van der Waals surface area contributed by atoms with Gasteiger partial charge in [-0.3, -0.25) is 0 Å². The lowest BCUT2D eigenvalue weighted by Gasteiger charge is -2.44. The minimum Gasteiger partial charge on any atom is -0.384 e. The predicted molar refractivity (Wildman–Crippen MR) is 74.8 cm³/mol. The van der Waals surface area contributed by atoms with Gasteiger partial charge in [-0.1, -0.05) is 30.7 Å². The van der Waals surface area contributed by atoms with E-state index in [0.717, 1.165) is 18.5 Å². The molecule has 18 heavy (non-hydrogen) atoms. The number of rotatable bonds is 1. The summed E-state index contributed by atoms with van der Waals surface area (Å²) in [5.74, 6) is 0.300. The van der Waals surface area contributed by atoms with Gasteiger partial charge in [-0.25, -0.2) is 0 Å². The van der Waals surface area contributed by atoms with E-state index in [4.69, 9.17) is 0 Å². The second-order valence-corrected chi connectivity index (χ2v) is 6.30. The van der Waals surface area contributed by atoms with Gasteiger partial charge in [-0.05, 0) is 31.9 Å². The zero-order valence-corrected chi connectivity index (χ0v) is 12.2. The molecule has 100 valence electrons. The van der Waals surface area contributed by atoms with E-state index in [9.17, 15) is 5.11 Å². The highest BCUT2D eigenvalue weighted by molar-refractivity contribution is 5.36. The van der Waals surface area contributed by atoms with Gasteiger partial charge in [0.1, 0.15) is 5.60 Å². The third kappa shape index (κ3) is 2.19. The quantitative estimate of drug-likeness (QED) is 0.772. The number of piperidine rings is 1. The summed E-state index contributed by atoms with van der Waals surface area (Å²) < 4.78 is 0. The summed E-state index contributed by atoms with van der Waals surface area (Å²) in [5.41, 5.74) is 2.92. The number of benzene rings is 1. The molecule has 2 rings (SSSR count). The van der Waals surface area contributed by atoms with Crippen molar-refractivity contribution in [2.75, 3.05) is 13.6 Å². The second kappa shape index (κ2) is 4.67. The Morgan fingerprint density at radius 1 is 1.28 bits per heavy atom. The number of nitrogens with one attached hydrogen (secondary N) is 1. The molecule has 1 unspecified atom stereocenters. The fourth-order valence-electron chi connectivity index (χ4n) is 3.27. The minimum atomic E-state index is -0.658. The first kappa shape index (κ1) is 13.6. The van der Waals surface area contributed by atoms with E-state index in [-0.39, 0.29) is 0 Å². The maximum atomic E-state index is 11.2. The first-order valence-corrected chi connectivity index (χ1v) is 6.97. The van der Waals surface area contributed by atoms with E-state index in [0.29, 0.717) is 12.0 Å². The molecule has 1 heterocycles. The maximum absolute atomic E-state index is 11.2. The molecule has 2 heteroatoms. The average Bonchev–Trinajstić information content (AvgIpc) is 2.30. The Hall–Kier alpha value is -0.860. The van der Waals surface area contributed by atoms with Gasteiger partial charge in [0.2, 0.25) is 0 Å². The van der Waals surface area contributed by atoms with E-state index < -0.39 is 5.60 Å². The molecule has 1 fully saturated rings. The molecule has 1 aliphatic rings. The molecule has 0 aliphatic carbocycles. The van der Waals surface area contributed by atoms with E-state index in [1.165, 1.54) is 16.0 Å². The zero-order chi connectivity index (χ0) is 13.5. The van der Waals surface area contributed by atoms with Crippen LogP contribution in [0.4, 0.5) is 0 Å². The van der Waals surface area contributed by atoms with Gasteiger partial charge < -0.3 is 10.0 Å². The number of hydrogen-bond acceptors (Lipinski definition) is 1. The molecule has 1 aromatic carbocycles. The molecule has 0 spiro atoms. The Labute approximate surface area is 111 Å². The van der Waals surface area contributed by atoms with Gasteiger partial charge in [0.05, 0.1) is 19.6 Å². The monoisotopic (exact) mass is 248 g/mol. The van der Waals surface area contributed by atoms with Gasteiger partial charge in [-0.2, -0.15) is 0 Å². The molecule has 1 aromatic rings. The maximum Gasteiger partial charge on any atom is 0.103 e. The number of aryl methyl sites for hydroxylation is 2. The van der Waals surface area contributed by atoms with E-state index >= 15 is 0 Å². The molecule has 4 atom stereocenters. The molecule has 2 nitrogen and oxygen atoms in total. The Morgan fingerprint density at radius 3 is 2.61 bits per heavy atom. The first-order chi connectivity index (χ1) is 8.34. The minimum absolute atomic E-state index is 0.300. The van der Waals surface area contributed by atoms with Gasteiger partial charge in [0.15, 0.2) is 0 Å². The Bertz CT molecular complexity index is 443. The molecule has 0 amide bonds. The van der Waals surface area contributed by atoms with Crippen molar-refractivity contribution in [2.45, 2.75) is 45.8 Å². The van der Waals surface area contributed by atoms with Crippen LogP contribution < -0.4 is 4.90 Å². The second-order valence-electron chi connectivity index (χ2n) is 6.30. The molecule has 1 saturated heterocycles. The summed E-state index contributed by atoms with van der Waals surface area (Å²) in [4.78, 5) is 1.53. The van der Waals surface area contributed by atoms with E-state index in [2.05, 4.69) is 52.9 Å².